The second-order valence-corrected chi connectivity index (χ2v) is 7.42. The van der Waals surface area contributed by atoms with E-state index in [9.17, 15) is 9.18 Å². The van der Waals surface area contributed by atoms with Crippen LogP contribution in [0.5, 0.6) is 0 Å². The third-order valence-electron chi connectivity index (χ3n) is 3.04. The first-order chi connectivity index (χ1) is 9.24. The molecule has 0 aromatic heterocycles. The summed E-state index contributed by atoms with van der Waals surface area (Å²) in [6, 6.07) is 5.87. The number of carbonyl (C=O) groups excluding carboxylic acids is 1. The highest BCUT2D eigenvalue weighted by Crippen LogP contribution is 2.39. The van der Waals surface area contributed by atoms with Crippen molar-refractivity contribution in [3.05, 3.63) is 30.1 Å². The summed E-state index contributed by atoms with van der Waals surface area (Å²) in [5.74, 6) is 0.991. The van der Waals surface area contributed by atoms with E-state index in [-0.39, 0.29) is 11.7 Å². The maximum absolute atomic E-state index is 12.7. The van der Waals surface area contributed by atoms with Crippen LogP contribution in [0, 0.1) is 5.82 Å². The lowest BCUT2D eigenvalue weighted by Crippen LogP contribution is -2.11. The van der Waals surface area contributed by atoms with Gasteiger partial charge in [0.25, 0.3) is 0 Å². The van der Waals surface area contributed by atoms with E-state index in [1.165, 1.54) is 30.7 Å². The molecule has 0 radical (unpaired) electrons. The lowest BCUT2D eigenvalue weighted by atomic mass is 10.1. The fourth-order valence-electron chi connectivity index (χ4n) is 1.98. The molecule has 1 aliphatic heterocycles. The van der Waals surface area contributed by atoms with Crippen molar-refractivity contribution >= 4 is 33.2 Å². The van der Waals surface area contributed by atoms with Crippen LogP contribution < -0.4 is 5.32 Å². The van der Waals surface area contributed by atoms with Crippen molar-refractivity contribution in [1.29, 1.82) is 0 Å². The average Bonchev–Trinajstić information content (AvgIpc) is 2.91. The monoisotopic (exact) mass is 299 g/mol. The topological polar surface area (TPSA) is 29.1 Å². The number of unbranched alkanes of at least 4 members (excludes halogenated alkanes) is 1. The largest absolute Gasteiger partial charge is 0.326 e. The first-order valence-electron chi connectivity index (χ1n) is 6.58. The Hall–Kier alpha value is -0.680. The highest BCUT2D eigenvalue weighted by atomic mass is 33.1. The van der Waals surface area contributed by atoms with Crippen LogP contribution >= 0.6 is 21.6 Å². The van der Waals surface area contributed by atoms with Gasteiger partial charge in [-0.3, -0.25) is 4.79 Å². The van der Waals surface area contributed by atoms with E-state index >= 15 is 0 Å². The second-order valence-electron chi connectivity index (χ2n) is 4.63. The molecule has 1 N–H and O–H groups in total. The maximum Gasteiger partial charge on any atom is 0.224 e. The quantitative estimate of drug-likeness (QED) is 0.620. The van der Waals surface area contributed by atoms with Crippen molar-refractivity contribution in [1.82, 2.24) is 0 Å². The second kappa shape index (κ2) is 7.80. The summed E-state index contributed by atoms with van der Waals surface area (Å²) in [6.07, 6.45) is 5.09. The molecule has 1 aromatic rings. The molecule has 1 fully saturated rings. The molecule has 1 unspecified atom stereocenters. The molecule has 0 saturated carbocycles. The van der Waals surface area contributed by atoms with Crippen molar-refractivity contribution in [3.8, 4) is 0 Å². The molecular weight excluding hydrogens is 281 g/mol. The van der Waals surface area contributed by atoms with Gasteiger partial charge < -0.3 is 5.32 Å². The summed E-state index contributed by atoms with van der Waals surface area (Å²) < 4.78 is 12.7. The number of hydrogen-bond acceptors (Lipinski definition) is 3. The number of rotatable bonds is 6. The normalized spacial score (nSPS) is 18.5. The van der Waals surface area contributed by atoms with Gasteiger partial charge in [-0.2, -0.15) is 0 Å². The Bertz CT molecular complexity index is 404. The smallest absolute Gasteiger partial charge is 0.224 e. The Labute approximate surface area is 121 Å². The molecule has 0 aliphatic carbocycles. The standard InChI is InChI=1S/C14H18FNOS2/c15-11-5-7-12(8-6-11)16-14(17)4-2-1-3-13-9-10-18-19-13/h5-8,13H,1-4,9-10H2,(H,16,17). The van der Waals surface area contributed by atoms with Gasteiger partial charge >= 0.3 is 0 Å². The van der Waals surface area contributed by atoms with Crippen LogP contribution in [0.3, 0.4) is 0 Å². The summed E-state index contributed by atoms with van der Waals surface area (Å²) >= 11 is 0. The molecule has 0 spiro atoms. The number of carbonyl (C=O) groups is 1. The highest BCUT2D eigenvalue weighted by Gasteiger charge is 2.15. The molecule has 104 valence electrons. The van der Waals surface area contributed by atoms with Crippen molar-refractivity contribution < 1.29 is 9.18 Å². The van der Waals surface area contributed by atoms with Gasteiger partial charge in [0.05, 0.1) is 0 Å². The number of hydrogen-bond donors (Lipinski definition) is 1. The number of halogens is 1. The van der Waals surface area contributed by atoms with Gasteiger partial charge in [0.1, 0.15) is 5.82 Å². The number of amides is 1. The van der Waals surface area contributed by atoms with Crippen LogP contribution in [-0.2, 0) is 4.79 Å². The molecule has 2 nitrogen and oxygen atoms in total. The molecule has 2 rings (SSSR count). The van der Waals surface area contributed by atoms with Gasteiger partial charge in [-0.25, -0.2) is 4.39 Å². The van der Waals surface area contributed by atoms with E-state index in [4.69, 9.17) is 0 Å². The van der Waals surface area contributed by atoms with E-state index in [1.807, 2.05) is 21.6 Å². The third-order valence-corrected chi connectivity index (χ3v) is 6.04. The zero-order valence-corrected chi connectivity index (χ0v) is 12.4. The summed E-state index contributed by atoms with van der Waals surface area (Å²) in [5.41, 5.74) is 0.661. The minimum Gasteiger partial charge on any atom is -0.326 e. The Balaban J connectivity index is 1.60. The van der Waals surface area contributed by atoms with Gasteiger partial charge in [-0.15, -0.1) is 0 Å². The van der Waals surface area contributed by atoms with Crippen LogP contribution in [0.15, 0.2) is 24.3 Å². The molecular formula is C14H18FNOS2. The minimum absolute atomic E-state index is 0.0139. The first kappa shape index (κ1) is 14.7. The predicted molar refractivity (Wildman–Crippen MR) is 82.0 cm³/mol. The van der Waals surface area contributed by atoms with Crippen molar-refractivity contribution in [2.24, 2.45) is 0 Å². The van der Waals surface area contributed by atoms with Crippen molar-refractivity contribution in [2.75, 3.05) is 11.1 Å². The van der Waals surface area contributed by atoms with Crippen LogP contribution in [0.2, 0.25) is 0 Å². The number of benzene rings is 1. The van der Waals surface area contributed by atoms with Gasteiger partial charge in [0.2, 0.25) is 5.91 Å². The Kier molecular flexibility index (Phi) is 6.04. The van der Waals surface area contributed by atoms with Gasteiger partial charge in [-0.1, -0.05) is 28.0 Å². The number of anilines is 1. The third kappa shape index (κ3) is 5.45. The average molecular weight is 299 g/mol. The molecule has 1 aromatic carbocycles. The van der Waals surface area contributed by atoms with Crippen LogP contribution in [-0.4, -0.2) is 16.9 Å². The maximum atomic E-state index is 12.7. The molecule has 5 heteroatoms. The Morgan fingerprint density at radius 3 is 2.79 bits per heavy atom. The fourth-order valence-corrected chi connectivity index (χ4v) is 5.01. The Morgan fingerprint density at radius 1 is 1.32 bits per heavy atom. The SMILES string of the molecule is O=C(CCCCC1CCSS1)Nc1ccc(F)cc1. The highest BCUT2D eigenvalue weighted by molar-refractivity contribution is 8.77. The van der Waals surface area contributed by atoms with Gasteiger partial charge in [0, 0.05) is 23.1 Å². The van der Waals surface area contributed by atoms with Crippen molar-refractivity contribution in [2.45, 2.75) is 37.4 Å². The van der Waals surface area contributed by atoms with E-state index in [0.717, 1.165) is 18.1 Å². The molecule has 0 bridgehead atoms. The summed E-state index contributed by atoms with van der Waals surface area (Å²) in [4.78, 5) is 11.7. The molecule has 1 heterocycles. The lowest BCUT2D eigenvalue weighted by molar-refractivity contribution is -0.116. The fraction of sp³-hybridized carbons (Fsp3) is 0.500. The van der Waals surface area contributed by atoms with E-state index in [0.29, 0.717) is 12.1 Å². The zero-order chi connectivity index (χ0) is 13.5. The lowest BCUT2D eigenvalue weighted by Gasteiger charge is -2.07. The Morgan fingerprint density at radius 2 is 2.11 bits per heavy atom. The molecule has 1 aliphatic rings. The number of nitrogens with one attached hydrogen (secondary N) is 1. The predicted octanol–water partition coefficient (Wildman–Crippen LogP) is 4.48. The van der Waals surface area contributed by atoms with Crippen LogP contribution in [0.1, 0.15) is 32.1 Å². The van der Waals surface area contributed by atoms with E-state index in [1.54, 1.807) is 12.1 Å². The van der Waals surface area contributed by atoms with Gasteiger partial charge in [-0.05, 0) is 43.5 Å². The first-order valence-corrected chi connectivity index (χ1v) is 8.96. The van der Waals surface area contributed by atoms with Crippen LogP contribution in [0.4, 0.5) is 10.1 Å². The summed E-state index contributed by atoms with van der Waals surface area (Å²) in [7, 11) is 3.94. The minimum atomic E-state index is -0.287. The van der Waals surface area contributed by atoms with E-state index in [2.05, 4.69) is 5.32 Å². The summed E-state index contributed by atoms with van der Waals surface area (Å²) in [5, 5.41) is 3.57. The molecule has 1 amide bonds. The molecule has 1 atom stereocenters. The van der Waals surface area contributed by atoms with Crippen molar-refractivity contribution in [3.63, 3.8) is 0 Å². The zero-order valence-electron chi connectivity index (χ0n) is 10.7. The molecule has 19 heavy (non-hydrogen) atoms. The molecule has 1 saturated heterocycles. The van der Waals surface area contributed by atoms with Crippen LogP contribution in [0.25, 0.3) is 0 Å². The summed E-state index contributed by atoms with van der Waals surface area (Å²) in [6.45, 7) is 0. The van der Waals surface area contributed by atoms with Gasteiger partial charge in [0.15, 0.2) is 0 Å². The van der Waals surface area contributed by atoms with E-state index < -0.39 is 0 Å².